The maximum atomic E-state index is 10.6. The van der Waals surface area contributed by atoms with Gasteiger partial charge in [0.25, 0.3) is 0 Å². The Hall–Kier alpha value is -0.413. The van der Waals surface area contributed by atoms with E-state index in [-0.39, 0.29) is 5.04 Å². The van der Waals surface area contributed by atoms with Gasteiger partial charge in [0.1, 0.15) is 6.29 Å². The van der Waals surface area contributed by atoms with Crippen LogP contribution < -0.4 is 0 Å². The van der Waals surface area contributed by atoms with Crippen LogP contribution in [0.5, 0.6) is 0 Å². The van der Waals surface area contributed by atoms with Gasteiger partial charge in [0.2, 0.25) is 0 Å². The second-order valence-electron chi connectivity index (χ2n) is 5.34. The smallest absolute Gasteiger partial charge is 0.191 e. The average Bonchev–Trinajstić information content (AvgIpc) is 2.10. The van der Waals surface area contributed by atoms with Crippen LogP contribution in [0.15, 0.2) is 11.6 Å². The minimum absolute atomic E-state index is 0.240. The molecular weight excluding hydrogens is 204 g/mol. The fraction of sp³-hybridized carbons (Fsp3) is 0.750. The highest BCUT2D eigenvalue weighted by atomic mass is 28.4. The van der Waals surface area contributed by atoms with Gasteiger partial charge >= 0.3 is 0 Å². The fourth-order valence-electron chi connectivity index (χ4n) is 0.912. The number of carbonyl (C=O) groups excluding carboxylic acids is 1. The summed E-state index contributed by atoms with van der Waals surface area (Å²) in [5.74, 6) is 0. The normalized spacial score (nSPS) is 14.1. The quantitative estimate of drug-likeness (QED) is 0.409. The molecule has 0 atom stereocenters. The number of hydrogen-bond donors (Lipinski definition) is 0. The Bertz CT molecular complexity index is 236. The first kappa shape index (κ1) is 14.6. The Balaban J connectivity index is 4.12. The van der Waals surface area contributed by atoms with E-state index in [2.05, 4.69) is 33.9 Å². The molecule has 0 aromatic carbocycles. The zero-order valence-corrected chi connectivity index (χ0v) is 11.9. The minimum Gasteiger partial charge on any atom is -0.416 e. The molecule has 0 N–H and O–H groups in total. The van der Waals surface area contributed by atoms with E-state index >= 15 is 0 Å². The van der Waals surface area contributed by atoms with Crippen molar-refractivity contribution in [1.82, 2.24) is 0 Å². The lowest BCUT2D eigenvalue weighted by atomic mass is 10.2. The van der Waals surface area contributed by atoms with Crippen molar-refractivity contribution in [3.63, 3.8) is 0 Å². The number of aldehydes is 1. The van der Waals surface area contributed by atoms with Crippen LogP contribution in [0.1, 0.15) is 34.1 Å². The molecule has 0 saturated carbocycles. The minimum atomic E-state index is -1.64. The molecule has 2 nitrogen and oxygen atoms in total. The van der Waals surface area contributed by atoms with E-state index in [0.717, 1.165) is 18.3 Å². The largest absolute Gasteiger partial charge is 0.416 e. The molecule has 3 heteroatoms. The highest BCUT2D eigenvalue weighted by Gasteiger charge is 2.36. The molecule has 0 radical (unpaired) electrons. The van der Waals surface area contributed by atoms with Crippen molar-refractivity contribution >= 4 is 14.6 Å². The Labute approximate surface area is 94.8 Å². The molecule has 0 aromatic rings. The van der Waals surface area contributed by atoms with Gasteiger partial charge in [-0.05, 0) is 37.0 Å². The zero-order chi connectivity index (χ0) is 12.1. The highest BCUT2D eigenvalue weighted by molar-refractivity contribution is 6.74. The summed E-state index contributed by atoms with van der Waals surface area (Å²) >= 11 is 0. The molecule has 0 aromatic heterocycles. The van der Waals surface area contributed by atoms with E-state index in [1.54, 1.807) is 0 Å². The van der Waals surface area contributed by atoms with Crippen LogP contribution in [0.2, 0.25) is 18.1 Å². The molecule has 0 bridgehead atoms. The molecule has 0 heterocycles. The van der Waals surface area contributed by atoms with Crippen LogP contribution in [0.3, 0.4) is 0 Å². The number of allylic oxidation sites excluding steroid dienone is 1. The maximum absolute atomic E-state index is 10.6. The van der Waals surface area contributed by atoms with Crippen LogP contribution in [-0.2, 0) is 9.22 Å². The second-order valence-corrected chi connectivity index (χ2v) is 10.1. The van der Waals surface area contributed by atoms with Crippen molar-refractivity contribution < 1.29 is 9.22 Å². The highest BCUT2D eigenvalue weighted by Crippen LogP contribution is 2.36. The van der Waals surface area contributed by atoms with Gasteiger partial charge < -0.3 is 4.43 Å². The summed E-state index contributed by atoms with van der Waals surface area (Å²) in [5, 5.41) is 0.240. The predicted molar refractivity (Wildman–Crippen MR) is 67.6 cm³/mol. The number of rotatable bonds is 5. The van der Waals surface area contributed by atoms with Crippen molar-refractivity contribution in [2.24, 2.45) is 0 Å². The molecule has 0 spiro atoms. The molecule has 0 amide bonds. The van der Waals surface area contributed by atoms with Crippen LogP contribution in [0, 0.1) is 0 Å². The summed E-state index contributed by atoms with van der Waals surface area (Å²) in [6.45, 7) is 13.7. The molecule has 88 valence electrons. The van der Waals surface area contributed by atoms with Crippen molar-refractivity contribution in [3.05, 3.63) is 11.6 Å². The summed E-state index contributed by atoms with van der Waals surface area (Å²) in [6, 6.07) is 0. The Morgan fingerprint density at radius 1 is 1.33 bits per heavy atom. The Morgan fingerprint density at radius 2 is 1.87 bits per heavy atom. The van der Waals surface area contributed by atoms with E-state index < -0.39 is 8.32 Å². The van der Waals surface area contributed by atoms with Crippen molar-refractivity contribution in [2.45, 2.75) is 52.2 Å². The van der Waals surface area contributed by atoms with E-state index in [1.165, 1.54) is 0 Å². The molecule has 0 rings (SSSR count). The van der Waals surface area contributed by atoms with Gasteiger partial charge in [-0.15, -0.1) is 0 Å². The first-order valence-corrected chi connectivity index (χ1v) is 8.40. The van der Waals surface area contributed by atoms with Gasteiger partial charge in [0.15, 0.2) is 8.32 Å². The SMILES string of the molecule is C/C=C(/C=O)CCO[Si](C)(C)C(C)(C)C. The standard InChI is InChI=1S/C12H24O2Si/c1-7-11(10-13)8-9-14-15(5,6)12(2,3)4/h7,10H,8-9H2,1-6H3/b11-7+. The molecule has 0 aliphatic carbocycles. The third-order valence-electron chi connectivity index (χ3n) is 3.18. The number of carbonyl (C=O) groups is 1. The van der Waals surface area contributed by atoms with Crippen molar-refractivity contribution in [3.8, 4) is 0 Å². The summed E-state index contributed by atoms with van der Waals surface area (Å²) in [4.78, 5) is 10.6. The van der Waals surface area contributed by atoms with E-state index in [4.69, 9.17) is 4.43 Å². The first-order valence-electron chi connectivity index (χ1n) is 5.49. The molecule has 0 unspecified atom stereocenters. The first-order chi connectivity index (χ1) is 6.74. The van der Waals surface area contributed by atoms with E-state index in [0.29, 0.717) is 6.61 Å². The molecule has 0 fully saturated rings. The molecule has 0 aliphatic rings. The van der Waals surface area contributed by atoms with Gasteiger partial charge in [-0.3, -0.25) is 4.79 Å². The predicted octanol–water partition coefficient (Wildman–Crippen LogP) is 3.54. The molecule has 15 heavy (non-hydrogen) atoms. The lowest BCUT2D eigenvalue weighted by Gasteiger charge is -2.36. The van der Waals surface area contributed by atoms with Crippen LogP contribution in [0.4, 0.5) is 0 Å². The van der Waals surface area contributed by atoms with Gasteiger partial charge in [-0.2, -0.15) is 0 Å². The van der Waals surface area contributed by atoms with E-state index in [9.17, 15) is 4.79 Å². The third kappa shape index (κ3) is 4.75. The average molecular weight is 228 g/mol. The van der Waals surface area contributed by atoms with Gasteiger partial charge in [0, 0.05) is 6.61 Å². The fourth-order valence-corrected chi connectivity index (χ4v) is 1.96. The maximum Gasteiger partial charge on any atom is 0.191 e. The van der Waals surface area contributed by atoms with Crippen LogP contribution in [0.25, 0.3) is 0 Å². The second kappa shape index (κ2) is 5.61. The molecular formula is C12H24O2Si. The monoisotopic (exact) mass is 228 g/mol. The van der Waals surface area contributed by atoms with Crippen LogP contribution in [-0.4, -0.2) is 21.2 Å². The van der Waals surface area contributed by atoms with Gasteiger partial charge in [0.05, 0.1) is 0 Å². The van der Waals surface area contributed by atoms with Gasteiger partial charge in [-0.1, -0.05) is 26.8 Å². The Kier molecular flexibility index (Phi) is 5.46. The van der Waals surface area contributed by atoms with Crippen molar-refractivity contribution in [2.75, 3.05) is 6.61 Å². The lowest BCUT2D eigenvalue weighted by Crippen LogP contribution is -2.41. The third-order valence-corrected chi connectivity index (χ3v) is 7.72. The molecule has 0 saturated heterocycles. The van der Waals surface area contributed by atoms with Gasteiger partial charge in [-0.25, -0.2) is 0 Å². The molecule has 0 aliphatic heterocycles. The summed E-state index contributed by atoms with van der Waals surface area (Å²) in [7, 11) is -1.64. The topological polar surface area (TPSA) is 26.3 Å². The summed E-state index contributed by atoms with van der Waals surface area (Å²) < 4.78 is 5.97. The zero-order valence-electron chi connectivity index (χ0n) is 10.9. The van der Waals surface area contributed by atoms with Crippen LogP contribution >= 0.6 is 0 Å². The summed E-state index contributed by atoms with van der Waals surface area (Å²) in [6.07, 6.45) is 3.49. The summed E-state index contributed by atoms with van der Waals surface area (Å²) in [5.41, 5.74) is 0.828. The lowest BCUT2D eigenvalue weighted by molar-refractivity contribution is -0.105. The van der Waals surface area contributed by atoms with E-state index in [1.807, 2.05) is 13.0 Å². The Morgan fingerprint density at radius 3 is 2.20 bits per heavy atom. The number of hydrogen-bond acceptors (Lipinski definition) is 2. The van der Waals surface area contributed by atoms with Crippen molar-refractivity contribution in [1.29, 1.82) is 0 Å².